The average Bonchev–Trinajstić information content (AvgIpc) is 3.41. The molecule has 2 aromatic rings. The van der Waals surface area contributed by atoms with E-state index in [-0.39, 0.29) is 11.9 Å². The molecule has 0 saturated carbocycles. The first-order valence-electron chi connectivity index (χ1n) is 13.8. The molecule has 8 heteroatoms. The van der Waals surface area contributed by atoms with Crippen LogP contribution >= 0.6 is 11.6 Å². The normalized spacial score (nSPS) is 24.2. The third-order valence-electron chi connectivity index (χ3n) is 8.29. The minimum absolute atomic E-state index is 0.0862. The van der Waals surface area contributed by atoms with Gasteiger partial charge in [0.05, 0.1) is 5.71 Å². The first-order chi connectivity index (χ1) is 18.9. The number of hydrogen-bond acceptors (Lipinski definition) is 6. The number of fused-ring (bicyclic) bond motifs is 1. The van der Waals surface area contributed by atoms with Crippen molar-refractivity contribution in [3.63, 3.8) is 0 Å². The summed E-state index contributed by atoms with van der Waals surface area (Å²) in [6.07, 6.45) is 7.48. The lowest BCUT2D eigenvalue weighted by Gasteiger charge is -2.34. The van der Waals surface area contributed by atoms with Crippen molar-refractivity contribution in [1.82, 2.24) is 15.1 Å². The van der Waals surface area contributed by atoms with Gasteiger partial charge in [0, 0.05) is 60.8 Å². The Labute approximate surface area is 235 Å². The Morgan fingerprint density at radius 2 is 1.64 bits per heavy atom. The molecule has 2 fully saturated rings. The lowest BCUT2D eigenvalue weighted by atomic mass is 9.84. The molecule has 4 aliphatic rings. The molecule has 2 saturated heterocycles. The van der Waals surface area contributed by atoms with E-state index in [0.29, 0.717) is 11.4 Å². The maximum absolute atomic E-state index is 13.5. The average molecular weight is 543 g/mol. The van der Waals surface area contributed by atoms with Crippen LogP contribution in [0.4, 0.5) is 5.69 Å². The fourth-order valence-electron chi connectivity index (χ4n) is 5.78. The maximum Gasteiger partial charge on any atom is 0.251 e. The SMILES string of the molecule is CN1CCC(NC(=O)c2ccccc2C2(Cl)C=CN=C3N=C(c4ccc(N5CCN(C)CC5)cc4)C=C32)CC1. The lowest BCUT2D eigenvalue weighted by Crippen LogP contribution is -2.44. The number of benzene rings is 2. The van der Waals surface area contributed by atoms with Crippen molar-refractivity contribution in [1.29, 1.82) is 0 Å². The quantitative estimate of drug-likeness (QED) is 0.579. The van der Waals surface area contributed by atoms with Crippen molar-refractivity contribution >= 4 is 34.7 Å². The van der Waals surface area contributed by atoms with Crippen molar-refractivity contribution in [2.45, 2.75) is 23.8 Å². The summed E-state index contributed by atoms with van der Waals surface area (Å²) in [5.74, 6) is 0.507. The highest BCUT2D eigenvalue weighted by molar-refractivity contribution is 6.36. The van der Waals surface area contributed by atoms with Gasteiger partial charge in [-0.25, -0.2) is 9.98 Å². The number of piperazine rings is 1. The Morgan fingerprint density at radius 3 is 2.38 bits per heavy atom. The molecule has 1 atom stereocenters. The van der Waals surface area contributed by atoms with Crippen LogP contribution in [0.3, 0.4) is 0 Å². The van der Waals surface area contributed by atoms with Crippen LogP contribution in [-0.2, 0) is 4.87 Å². The zero-order valence-electron chi connectivity index (χ0n) is 22.6. The van der Waals surface area contributed by atoms with E-state index < -0.39 is 4.87 Å². The molecule has 1 amide bonds. The van der Waals surface area contributed by atoms with Gasteiger partial charge in [0.25, 0.3) is 5.91 Å². The lowest BCUT2D eigenvalue weighted by molar-refractivity contribution is 0.0915. The summed E-state index contributed by atoms with van der Waals surface area (Å²) in [7, 11) is 4.28. The number of carbonyl (C=O) groups excluding carboxylic acids is 1. The third kappa shape index (κ3) is 5.19. The summed E-state index contributed by atoms with van der Waals surface area (Å²) in [4.78, 5) is 28.9. The number of piperidine rings is 1. The molecule has 2 aromatic carbocycles. The Balaban J connectivity index is 1.24. The second-order valence-corrected chi connectivity index (χ2v) is 11.6. The van der Waals surface area contributed by atoms with Crippen LogP contribution in [0.25, 0.3) is 0 Å². The molecule has 0 aliphatic carbocycles. The Kier molecular flexibility index (Phi) is 7.14. The van der Waals surface area contributed by atoms with Gasteiger partial charge in [-0.2, -0.15) is 0 Å². The second-order valence-electron chi connectivity index (χ2n) is 11.0. The van der Waals surface area contributed by atoms with Gasteiger partial charge in [0.15, 0.2) is 5.84 Å². The molecule has 1 unspecified atom stereocenters. The number of allylic oxidation sites excluding steroid dienone is 2. The topological polar surface area (TPSA) is 63.5 Å². The Hall–Kier alpha value is -3.26. The number of aliphatic imine (C=N–C) groups is 2. The zero-order valence-corrected chi connectivity index (χ0v) is 23.4. The largest absolute Gasteiger partial charge is 0.369 e. The van der Waals surface area contributed by atoms with Crippen molar-refractivity contribution in [3.8, 4) is 0 Å². The van der Waals surface area contributed by atoms with Crippen LogP contribution in [0.1, 0.15) is 34.3 Å². The zero-order chi connectivity index (χ0) is 27.0. The summed E-state index contributed by atoms with van der Waals surface area (Å²) < 4.78 is 0. The van der Waals surface area contributed by atoms with E-state index in [1.807, 2.05) is 36.4 Å². The number of likely N-dealkylation sites (tertiary alicyclic amines) is 1. The van der Waals surface area contributed by atoms with Gasteiger partial charge in [-0.3, -0.25) is 4.79 Å². The molecule has 4 heterocycles. The van der Waals surface area contributed by atoms with E-state index in [2.05, 4.69) is 63.4 Å². The van der Waals surface area contributed by atoms with Gasteiger partial charge in [0.1, 0.15) is 4.87 Å². The highest BCUT2D eigenvalue weighted by Crippen LogP contribution is 2.44. The summed E-state index contributed by atoms with van der Waals surface area (Å²) in [6, 6.07) is 16.4. The van der Waals surface area contributed by atoms with E-state index >= 15 is 0 Å². The van der Waals surface area contributed by atoms with Crippen molar-refractivity contribution < 1.29 is 4.79 Å². The molecule has 6 rings (SSSR count). The highest BCUT2D eigenvalue weighted by atomic mass is 35.5. The van der Waals surface area contributed by atoms with Crippen LogP contribution in [-0.4, -0.2) is 86.7 Å². The number of anilines is 1. The molecule has 202 valence electrons. The van der Waals surface area contributed by atoms with Crippen molar-refractivity contribution in [2.75, 3.05) is 58.3 Å². The summed E-state index contributed by atoms with van der Waals surface area (Å²) in [5.41, 5.74) is 5.20. The predicted octanol–water partition coefficient (Wildman–Crippen LogP) is 4.05. The third-order valence-corrected chi connectivity index (χ3v) is 8.82. The molecular weight excluding hydrogens is 508 g/mol. The Bertz CT molecular complexity index is 1360. The number of nitrogens with one attached hydrogen (secondary N) is 1. The number of carbonyl (C=O) groups is 1. The van der Waals surface area contributed by atoms with Crippen LogP contribution in [0.2, 0.25) is 0 Å². The smallest absolute Gasteiger partial charge is 0.251 e. The molecule has 0 radical (unpaired) electrons. The summed E-state index contributed by atoms with van der Waals surface area (Å²) >= 11 is 7.40. The first-order valence-corrected chi connectivity index (χ1v) is 14.2. The van der Waals surface area contributed by atoms with Crippen LogP contribution in [0, 0.1) is 0 Å². The molecule has 0 spiro atoms. The predicted molar refractivity (Wildman–Crippen MR) is 159 cm³/mol. The molecule has 0 bridgehead atoms. The van der Waals surface area contributed by atoms with E-state index in [0.717, 1.165) is 74.5 Å². The van der Waals surface area contributed by atoms with E-state index in [9.17, 15) is 4.79 Å². The van der Waals surface area contributed by atoms with Crippen LogP contribution < -0.4 is 10.2 Å². The number of alkyl halides is 1. The standard InChI is InChI=1S/C31H35ClN6O/c1-36-15-11-23(12-16-36)34-30(39)25-5-3-4-6-26(25)31(32)13-14-33-29-27(31)21-28(35-29)22-7-9-24(10-8-22)38-19-17-37(2)18-20-38/h3-10,13-14,21,23H,11-12,15-20H2,1-2H3,(H,34,39). The summed E-state index contributed by atoms with van der Waals surface area (Å²) in [5, 5.41) is 3.25. The summed E-state index contributed by atoms with van der Waals surface area (Å²) in [6.45, 7) is 6.17. The minimum Gasteiger partial charge on any atom is -0.369 e. The van der Waals surface area contributed by atoms with E-state index in [4.69, 9.17) is 16.6 Å². The van der Waals surface area contributed by atoms with Gasteiger partial charge in [-0.15, -0.1) is 11.6 Å². The number of likely N-dealkylation sites (N-methyl/N-ethyl adjacent to an activating group) is 1. The molecule has 0 aromatic heterocycles. The van der Waals surface area contributed by atoms with E-state index in [1.165, 1.54) is 5.69 Å². The van der Waals surface area contributed by atoms with Crippen LogP contribution in [0.15, 0.2) is 82.4 Å². The number of rotatable bonds is 5. The number of hydrogen-bond donors (Lipinski definition) is 1. The van der Waals surface area contributed by atoms with Gasteiger partial charge in [0.2, 0.25) is 0 Å². The molecular formula is C31H35ClN6O. The van der Waals surface area contributed by atoms with Gasteiger partial charge >= 0.3 is 0 Å². The second kappa shape index (κ2) is 10.7. The van der Waals surface area contributed by atoms with Gasteiger partial charge in [-0.1, -0.05) is 30.3 Å². The highest BCUT2D eigenvalue weighted by Gasteiger charge is 2.41. The Morgan fingerprint density at radius 1 is 0.949 bits per heavy atom. The number of nitrogens with zero attached hydrogens (tertiary/aromatic N) is 5. The van der Waals surface area contributed by atoms with Gasteiger partial charge < -0.3 is 20.0 Å². The van der Waals surface area contributed by atoms with Crippen LogP contribution in [0.5, 0.6) is 0 Å². The number of amidine groups is 1. The first kappa shape index (κ1) is 26.0. The van der Waals surface area contributed by atoms with Crippen molar-refractivity contribution in [3.05, 3.63) is 89.1 Å². The van der Waals surface area contributed by atoms with E-state index in [1.54, 1.807) is 6.20 Å². The van der Waals surface area contributed by atoms with Gasteiger partial charge in [-0.05, 0) is 75.9 Å². The molecule has 4 aliphatic heterocycles. The number of amides is 1. The molecule has 1 N–H and O–H groups in total. The maximum atomic E-state index is 13.5. The fraction of sp³-hybridized carbons (Fsp3) is 0.387. The molecule has 7 nitrogen and oxygen atoms in total. The number of halogens is 1. The van der Waals surface area contributed by atoms with Crippen molar-refractivity contribution in [2.24, 2.45) is 9.98 Å². The monoisotopic (exact) mass is 542 g/mol. The fourth-order valence-corrected chi connectivity index (χ4v) is 6.14. The minimum atomic E-state index is -1.04. The molecule has 39 heavy (non-hydrogen) atoms.